The van der Waals surface area contributed by atoms with Crippen LogP contribution in [0.3, 0.4) is 0 Å². The van der Waals surface area contributed by atoms with Crippen LogP contribution in [0, 0.1) is 5.92 Å². The first-order valence-electron chi connectivity index (χ1n) is 7.07. The fraction of sp³-hybridized carbons (Fsp3) is 0.562. The summed E-state index contributed by atoms with van der Waals surface area (Å²) >= 11 is 0. The highest BCUT2D eigenvalue weighted by atomic mass is 16.5. The molecule has 2 rings (SSSR count). The zero-order valence-corrected chi connectivity index (χ0v) is 11.8. The third-order valence-corrected chi connectivity index (χ3v) is 3.71. The number of benzene rings is 1. The summed E-state index contributed by atoms with van der Waals surface area (Å²) in [5, 5.41) is 0. The van der Waals surface area contributed by atoms with Gasteiger partial charge in [-0.2, -0.15) is 0 Å². The minimum Gasteiger partial charge on any atom is -0.458 e. The van der Waals surface area contributed by atoms with Gasteiger partial charge in [0.25, 0.3) is 0 Å². The summed E-state index contributed by atoms with van der Waals surface area (Å²) in [6.07, 6.45) is 4.64. The van der Waals surface area contributed by atoms with Crippen LogP contribution < -0.4 is 0 Å². The number of nitrogens with zero attached hydrogens (tertiary/aromatic N) is 1. The molecule has 1 aliphatic rings. The van der Waals surface area contributed by atoms with Crippen molar-refractivity contribution >= 4 is 5.97 Å². The number of carbonyl (C=O) groups is 1. The van der Waals surface area contributed by atoms with Crippen molar-refractivity contribution in [1.29, 1.82) is 0 Å². The van der Waals surface area contributed by atoms with Crippen molar-refractivity contribution in [2.75, 3.05) is 20.6 Å². The zero-order valence-electron chi connectivity index (χ0n) is 11.8. The first kappa shape index (κ1) is 14.1. The van der Waals surface area contributed by atoms with Crippen LogP contribution in [0.2, 0.25) is 0 Å². The topological polar surface area (TPSA) is 29.5 Å². The Bertz CT molecular complexity index is 402. The molecule has 0 spiro atoms. The van der Waals surface area contributed by atoms with E-state index in [0.717, 1.165) is 25.8 Å². The summed E-state index contributed by atoms with van der Waals surface area (Å²) in [7, 11) is 4.15. The van der Waals surface area contributed by atoms with E-state index in [-0.39, 0.29) is 12.1 Å². The predicted octanol–water partition coefficient (Wildman–Crippen LogP) is 2.96. The van der Waals surface area contributed by atoms with Crippen LogP contribution in [0.15, 0.2) is 30.3 Å². The van der Waals surface area contributed by atoms with E-state index in [1.807, 2.05) is 30.3 Å². The second kappa shape index (κ2) is 6.71. The fourth-order valence-electron chi connectivity index (χ4n) is 2.79. The van der Waals surface area contributed by atoms with Crippen molar-refractivity contribution < 1.29 is 9.53 Å². The van der Waals surface area contributed by atoms with E-state index in [1.54, 1.807) is 0 Å². The number of esters is 1. The molecule has 1 fully saturated rings. The Labute approximate surface area is 115 Å². The molecule has 1 saturated carbocycles. The third kappa shape index (κ3) is 4.06. The van der Waals surface area contributed by atoms with Crippen LogP contribution in [-0.4, -0.2) is 37.6 Å². The van der Waals surface area contributed by atoms with E-state index in [0.29, 0.717) is 11.5 Å². The van der Waals surface area contributed by atoms with E-state index in [4.69, 9.17) is 4.74 Å². The molecular weight excluding hydrogens is 238 g/mol. The van der Waals surface area contributed by atoms with E-state index in [1.165, 1.54) is 6.42 Å². The van der Waals surface area contributed by atoms with Gasteiger partial charge in [-0.05, 0) is 45.5 Å². The van der Waals surface area contributed by atoms with Gasteiger partial charge in [0.15, 0.2) is 0 Å². The van der Waals surface area contributed by atoms with Crippen molar-refractivity contribution in [3.8, 4) is 0 Å². The molecule has 1 aliphatic carbocycles. The zero-order chi connectivity index (χ0) is 13.7. The quantitative estimate of drug-likeness (QED) is 0.780. The van der Waals surface area contributed by atoms with Crippen molar-refractivity contribution in [1.82, 2.24) is 4.90 Å². The lowest BCUT2D eigenvalue weighted by Crippen LogP contribution is -2.36. The van der Waals surface area contributed by atoms with Crippen LogP contribution in [0.4, 0.5) is 0 Å². The molecule has 3 nitrogen and oxygen atoms in total. The summed E-state index contributed by atoms with van der Waals surface area (Å²) in [4.78, 5) is 14.3. The molecule has 0 saturated heterocycles. The normalized spacial score (nSPS) is 23.3. The van der Waals surface area contributed by atoms with Crippen molar-refractivity contribution in [2.45, 2.75) is 31.8 Å². The molecule has 104 valence electrons. The molecule has 0 aromatic heterocycles. The predicted molar refractivity (Wildman–Crippen MR) is 76.2 cm³/mol. The van der Waals surface area contributed by atoms with Gasteiger partial charge < -0.3 is 9.64 Å². The summed E-state index contributed by atoms with van der Waals surface area (Å²) in [5.41, 5.74) is 0.650. The van der Waals surface area contributed by atoms with Gasteiger partial charge in [0.2, 0.25) is 0 Å². The summed E-state index contributed by atoms with van der Waals surface area (Å²) in [6, 6.07) is 9.27. The highest BCUT2D eigenvalue weighted by molar-refractivity contribution is 5.89. The lowest BCUT2D eigenvalue weighted by atomic mass is 9.86. The first-order valence-corrected chi connectivity index (χ1v) is 7.07. The molecule has 19 heavy (non-hydrogen) atoms. The van der Waals surface area contributed by atoms with E-state index in [2.05, 4.69) is 19.0 Å². The minimum absolute atomic E-state index is 0.0730. The first-order chi connectivity index (χ1) is 9.16. The molecule has 1 aromatic rings. The number of rotatable bonds is 4. The molecule has 1 aromatic carbocycles. The van der Waals surface area contributed by atoms with Gasteiger partial charge >= 0.3 is 5.97 Å². The summed E-state index contributed by atoms with van der Waals surface area (Å²) < 4.78 is 5.73. The second-order valence-electron chi connectivity index (χ2n) is 5.62. The highest BCUT2D eigenvalue weighted by Crippen LogP contribution is 2.28. The molecule has 0 unspecified atom stereocenters. The largest absolute Gasteiger partial charge is 0.458 e. The standard InChI is InChI=1S/C16H23NO2/c1-17(2)12-14-10-6-7-11-15(14)19-16(18)13-8-4-3-5-9-13/h3-5,8-9,14-15H,6-7,10-12H2,1-2H3/t14-,15-/m0/s1. The third-order valence-electron chi connectivity index (χ3n) is 3.71. The molecule has 0 aliphatic heterocycles. The SMILES string of the molecule is CN(C)C[C@@H]1CCCC[C@@H]1OC(=O)c1ccccc1. The van der Waals surface area contributed by atoms with Crippen LogP contribution in [0.5, 0.6) is 0 Å². The van der Waals surface area contributed by atoms with Crippen molar-refractivity contribution in [3.05, 3.63) is 35.9 Å². The average molecular weight is 261 g/mol. The average Bonchev–Trinajstić information content (AvgIpc) is 2.41. The number of ether oxygens (including phenoxy) is 1. The number of hydrogen-bond acceptors (Lipinski definition) is 3. The van der Waals surface area contributed by atoms with Gasteiger partial charge in [-0.25, -0.2) is 4.79 Å². The molecular formula is C16H23NO2. The Morgan fingerprint density at radius 1 is 1.21 bits per heavy atom. The number of hydrogen-bond donors (Lipinski definition) is 0. The minimum atomic E-state index is -0.184. The number of carbonyl (C=O) groups excluding carboxylic acids is 1. The molecule has 0 heterocycles. The maximum Gasteiger partial charge on any atom is 0.338 e. The maximum absolute atomic E-state index is 12.1. The van der Waals surface area contributed by atoms with Crippen LogP contribution in [0.1, 0.15) is 36.0 Å². The summed E-state index contributed by atoms with van der Waals surface area (Å²) in [6.45, 7) is 0.993. The second-order valence-corrected chi connectivity index (χ2v) is 5.62. The van der Waals surface area contributed by atoms with E-state index in [9.17, 15) is 4.79 Å². The smallest absolute Gasteiger partial charge is 0.338 e. The molecule has 3 heteroatoms. The fourth-order valence-corrected chi connectivity index (χ4v) is 2.79. The van der Waals surface area contributed by atoms with Gasteiger partial charge in [-0.15, -0.1) is 0 Å². The highest BCUT2D eigenvalue weighted by Gasteiger charge is 2.28. The molecule has 2 atom stereocenters. The Morgan fingerprint density at radius 3 is 2.58 bits per heavy atom. The van der Waals surface area contributed by atoms with Gasteiger partial charge in [0, 0.05) is 12.5 Å². The van der Waals surface area contributed by atoms with Crippen molar-refractivity contribution in [2.24, 2.45) is 5.92 Å². The molecule has 0 radical (unpaired) electrons. The van der Waals surface area contributed by atoms with E-state index < -0.39 is 0 Å². The lowest BCUT2D eigenvalue weighted by molar-refractivity contribution is -0.00324. The Morgan fingerprint density at radius 2 is 1.89 bits per heavy atom. The van der Waals surface area contributed by atoms with Crippen LogP contribution in [0.25, 0.3) is 0 Å². The maximum atomic E-state index is 12.1. The lowest BCUT2D eigenvalue weighted by Gasteiger charge is -2.32. The molecule has 0 amide bonds. The summed E-state index contributed by atoms with van der Waals surface area (Å²) in [5.74, 6) is 0.285. The van der Waals surface area contributed by atoms with Crippen LogP contribution in [-0.2, 0) is 4.74 Å². The monoisotopic (exact) mass is 261 g/mol. The van der Waals surface area contributed by atoms with Crippen LogP contribution >= 0.6 is 0 Å². The Balaban J connectivity index is 1.97. The Kier molecular flexibility index (Phi) is 4.97. The van der Waals surface area contributed by atoms with Gasteiger partial charge in [0.1, 0.15) is 6.10 Å². The Hall–Kier alpha value is -1.35. The van der Waals surface area contributed by atoms with Gasteiger partial charge in [0.05, 0.1) is 5.56 Å². The van der Waals surface area contributed by atoms with Crippen molar-refractivity contribution in [3.63, 3.8) is 0 Å². The van der Waals surface area contributed by atoms with Gasteiger partial charge in [-0.3, -0.25) is 0 Å². The molecule has 0 N–H and O–H groups in total. The molecule has 0 bridgehead atoms. The van der Waals surface area contributed by atoms with E-state index >= 15 is 0 Å². The van der Waals surface area contributed by atoms with Gasteiger partial charge in [-0.1, -0.05) is 24.6 Å².